The van der Waals surface area contributed by atoms with E-state index in [0.717, 1.165) is 17.1 Å². The quantitative estimate of drug-likeness (QED) is 0.869. The van der Waals surface area contributed by atoms with Crippen LogP contribution in [0.4, 0.5) is 0 Å². The number of carbonyl (C=O) groups excluding carboxylic acids is 1. The molecule has 0 aliphatic heterocycles. The molecule has 0 saturated carbocycles. The Bertz CT molecular complexity index is 456. The second kappa shape index (κ2) is 6.10. The van der Waals surface area contributed by atoms with Gasteiger partial charge in [-0.05, 0) is 12.1 Å². The highest BCUT2D eigenvalue weighted by molar-refractivity contribution is 7.09. The molecule has 2 aromatic heterocycles. The average molecular weight is 247 g/mol. The van der Waals surface area contributed by atoms with Gasteiger partial charge in [0.2, 0.25) is 5.91 Å². The van der Waals surface area contributed by atoms with Crippen LogP contribution in [-0.4, -0.2) is 22.4 Å². The Hall–Kier alpha value is -1.75. The first-order chi connectivity index (χ1) is 8.34. The van der Waals surface area contributed by atoms with E-state index in [9.17, 15) is 4.79 Å². The number of carbonyl (C=O) groups is 1. The maximum Gasteiger partial charge on any atom is 0.226 e. The molecule has 0 fully saturated rings. The fourth-order valence-electron chi connectivity index (χ4n) is 1.41. The first-order valence-electron chi connectivity index (χ1n) is 5.39. The van der Waals surface area contributed by atoms with Gasteiger partial charge in [0.05, 0.1) is 11.4 Å². The van der Waals surface area contributed by atoms with E-state index in [4.69, 9.17) is 0 Å². The van der Waals surface area contributed by atoms with E-state index in [1.165, 1.54) is 0 Å². The van der Waals surface area contributed by atoms with Crippen LogP contribution < -0.4 is 5.32 Å². The number of amides is 1. The van der Waals surface area contributed by atoms with Gasteiger partial charge in [-0.1, -0.05) is 6.07 Å². The van der Waals surface area contributed by atoms with Crippen molar-refractivity contribution in [1.29, 1.82) is 0 Å². The normalized spacial score (nSPS) is 10.1. The van der Waals surface area contributed by atoms with Crippen LogP contribution in [-0.2, 0) is 17.6 Å². The number of aromatic nitrogens is 2. The van der Waals surface area contributed by atoms with Crippen LogP contribution in [0.25, 0.3) is 0 Å². The van der Waals surface area contributed by atoms with Crippen LogP contribution in [0, 0.1) is 0 Å². The zero-order valence-corrected chi connectivity index (χ0v) is 10.1. The summed E-state index contributed by atoms with van der Waals surface area (Å²) in [5.74, 6) is 0.000237. The summed E-state index contributed by atoms with van der Waals surface area (Å²) in [6.07, 6.45) is 4.58. The minimum absolute atomic E-state index is 0.000237. The fourth-order valence-corrected chi connectivity index (χ4v) is 2.04. The number of pyridine rings is 1. The summed E-state index contributed by atoms with van der Waals surface area (Å²) in [5.41, 5.74) is 0.791. The van der Waals surface area contributed by atoms with Crippen LogP contribution in [0.1, 0.15) is 10.7 Å². The number of rotatable bonds is 5. The van der Waals surface area contributed by atoms with Crippen LogP contribution in [0.15, 0.2) is 36.0 Å². The number of nitrogens with zero attached hydrogens (tertiary/aromatic N) is 2. The van der Waals surface area contributed by atoms with E-state index in [-0.39, 0.29) is 5.91 Å². The number of nitrogens with one attached hydrogen (secondary N) is 1. The van der Waals surface area contributed by atoms with E-state index >= 15 is 0 Å². The second-order valence-corrected chi connectivity index (χ2v) is 4.50. The number of hydrogen-bond donors (Lipinski definition) is 1. The van der Waals surface area contributed by atoms with Crippen LogP contribution in [0.5, 0.6) is 0 Å². The van der Waals surface area contributed by atoms with Crippen molar-refractivity contribution in [3.8, 4) is 0 Å². The molecule has 0 atom stereocenters. The predicted octanol–water partition coefficient (Wildman–Crippen LogP) is 1.44. The highest BCUT2D eigenvalue weighted by Crippen LogP contribution is 2.03. The van der Waals surface area contributed by atoms with Crippen LogP contribution >= 0.6 is 11.3 Å². The van der Waals surface area contributed by atoms with Gasteiger partial charge in [0.1, 0.15) is 0 Å². The lowest BCUT2D eigenvalue weighted by atomic mass is 10.2. The number of hydrogen-bond acceptors (Lipinski definition) is 4. The first-order valence-corrected chi connectivity index (χ1v) is 6.27. The van der Waals surface area contributed by atoms with Gasteiger partial charge in [-0.3, -0.25) is 9.78 Å². The summed E-state index contributed by atoms with van der Waals surface area (Å²) in [6, 6.07) is 5.56. The highest BCUT2D eigenvalue weighted by atomic mass is 32.1. The molecule has 1 N–H and O–H groups in total. The molecule has 0 saturated heterocycles. The average Bonchev–Trinajstić information content (AvgIpc) is 2.83. The molecule has 0 unspecified atom stereocenters. The van der Waals surface area contributed by atoms with Gasteiger partial charge in [0, 0.05) is 36.4 Å². The third-order valence-corrected chi connectivity index (χ3v) is 3.05. The lowest BCUT2D eigenvalue weighted by Crippen LogP contribution is -2.27. The monoisotopic (exact) mass is 247 g/mol. The van der Waals surface area contributed by atoms with Crippen molar-refractivity contribution in [1.82, 2.24) is 15.3 Å². The van der Waals surface area contributed by atoms with E-state index < -0.39 is 0 Å². The van der Waals surface area contributed by atoms with Gasteiger partial charge in [0.25, 0.3) is 0 Å². The lowest BCUT2D eigenvalue weighted by molar-refractivity contribution is -0.120. The molecule has 0 aliphatic carbocycles. The van der Waals surface area contributed by atoms with Crippen molar-refractivity contribution in [2.45, 2.75) is 12.8 Å². The van der Waals surface area contributed by atoms with E-state index in [0.29, 0.717) is 13.0 Å². The minimum Gasteiger partial charge on any atom is -0.355 e. The molecule has 2 rings (SSSR count). The van der Waals surface area contributed by atoms with Gasteiger partial charge < -0.3 is 5.32 Å². The highest BCUT2D eigenvalue weighted by Gasteiger charge is 2.03. The van der Waals surface area contributed by atoms with Crippen molar-refractivity contribution >= 4 is 17.2 Å². The Kier molecular flexibility index (Phi) is 4.21. The lowest BCUT2D eigenvalue weighted by Gasteiger charge is -2.03. The smallest absolute Gasteiger partial charge is 0.226 e. The summed E-state index contributed by atoms with van der Waals surface area (Å²) in [6.45, 7) is 0.624. The van der Waals surface area contributed by atoms with E-state index in [1.54, 1.807) is 23.7 Å². The molecule has 0 aliphatic rings. The van der Waals surface area contributed by atoms with Crippen molar-refractivity contribution in [3.05, 3.63) is 46.7 Å². The Morgan fingerprint density at radius 1 is 1.29 bits per heavy atom. The third-order valence-electron chi connectivity index (χ3n) is 2.21. The third kappa shape index (κ3) is 3.96. The summed E-state index contributed by atoms with van der Waals surface area (Å²) in [4.78, 5) is 19.8. The minimum atomic E-state index is 0.000237. The summed E-state index contributed by atoms with van der Waals surface area (Å²) in [7, 11) is 0. The summed E-state index contributed by atoms with van der Waals surface area (Å²) >= 11 is 1.60. The molecule has 2 heterocycles. The maximum atomic E-state index is 11.6. The molecule has 0 aromatic carbocycles. The fraction of sp³-hybridized carbons (Fsp3) is 0.250. The number of thiazole rings is 1. The van der Waals surface area contributed by atoms with Gasteiger partial charge in [-0.15, -0.1) is 11.3 Å². The summed E-state index contributed by atoms with van der Waals surface area (Å²) in [5, 5.41) is 5.84. The molecule has 4 nitrogen and oxygen atoms in total. The molecule has 17 heavy (non-hydrogen) atoms. The van der Waals surface area contributed by atoms with E-state index in [2.05, 4.69) is 15.3 Å². The zero-order chi connectivity index (χ0) is 11.9. The molecule has 0 radical (unpaired) electrons. The van der Waals surface area contributed by atoms with Crippen molar-refractivity contribution in [2.75, 3.05) is 6.54 Å². The molecule has 5 heteroatoms. The molecule has 0 spiro atoms. The molecule has 1 amide bonds. The SMILES string of the molecule is O=C(Cc1ccccn1)NCCc1nccs1. The molecule has 2 aromatic rings. The molecule has 88 valence electrons. The molecular weight excluding hydrogens is 234 g/mol. The largest absolute Gasteiger partial charge is 0.355 e. The van der Waals surface area contributed by atoms with Crippen molar-refractivity contribution in [3.63, 3.8) is 0 Å². The van der Waals surface area contributed by atoms with Crippen molar-refractivity contribution in [2.24, 2.45) is 0 Å². The van der Waals surface area contributed by atoms with Crippen molar-refractivity contribution < 1.29 is 4.79 Å². The molecule has 0 bridgehead atoms. The zero-order valence-electron chi connectivity index (χ0n) is 9.30. The standard InChI is InChI=1S/C12H13N3OS/c16-11(9-10-3-1-2-5-13-10)14-6-4-12-15-7-8-17-12/h1-3,5,7-8H,4,6,9H2,(H,14,16). The molecular formula is C12H13N3OS. The van der Waals surface area contributed by atoms with Gasteiger partial charge in [-0.2, -0.15) is 0 Å². The van der Waals surface area contributed by atoms with E-state index in [1.807, 2.05) is 23.6 Å². The Labute approximate surface area is 104 Å². The maximum absolute atomic E-state index is 11.6. The van der Waals surface area contributed by atoms with Gasteiger partial charge in [0.15, 0.2) is 0 Å². The predicted molar refractivity (Wildman–Crippen MR) is 66.8 cm³/mol. The first kappa shape index (κ1) is 11.7. The topological polar surface area (TPSA) is 54.9 Å². The Balaban J connectivity index is 1.71. The summed E-state index contributed by atoms with van der Waals surface area (Å²) < 4.78 is 0. The van der Waals surface area contributed by atoms with Gasteiger partial charge in [-0.25, -0.2) is 4.98 Å². The van der Waals surface area contributed by atoms with Crippen LogP contribution in [0.3, 0.4) is 0 Å². The second-order valence-electron chi connectivity index (χ2n) is 3.52. The van der Waals surface area contributed by atoms with Crippen LogP contribution in [0.2, 0.25) is 0 Å². The Morgan fingerprint density at radius 2 is 2.24 bits per heavy atom. The Morgan fingerprint density at radius 3 is 2.94 bits per heavy atom. The van der Waals surface area contributed by atoms with Gasteiger partial charge >= 0.3 is 0 Å².